The van der Waals surface area contributed by atoms with Crippen LogP contribution in [-0.4, -0.2) is 57.6 Å². The van der Waals surface area contributed by atoms with Crippen LogP contribution in [0, 0.1) is 5.82 Å². The monoisotopic (exact) mass is 490 g/mol. The van der Waals surface area contributed by atoms with Crippen molar-refractivity contribution in [2.75, 3.05) is 20.2 Å². The quantitative estimate of drug-likeness (QED) is 0.483. The van der Waals surface area contributed by atoms with Crippen LogP contribution in [0.2, 0.25) is 0 Å². The fraction of sp³-hybridized carbons (Fsp3) is 0.393. The van der Waals surface area contributed by atoms with Crippen LogP contribution in [0.15, 0.2) is 48.8 Å². The number of hydrogen-bond acceptors (Lipinski definition) is 5. The molecule has 1 aromatic heterocycles. The molecule has 1 saturated heterocycles. The first-order valence-corrected chi connectivity index (χ1v) is 12.5. The number of ether oxygens (including phenoxy) is 1. The van der Waals surface area contributed by atoms with Gasteiger partial charge < -0.3 is 25.0 Å². The van der Waals surface area contributed by atoms with Crippen molar-refractivity contribution in [3.8, 4) is 11.5 Å². The van der Waals surface area contributed by atoms with Crippen molar-refractivity contribution in [1.82, 2.24) is 20.1 Å². The summed E-state index contributed by atoms with van der Waals surface area (Å²) in [6.07, 6.45) is 3.92. The van der Waals surface area contributed by atoms with E-state index in [4.69, 9.17) is 4.74 Å². The number of carbonyl (C=O) groups is 1. The van der Waals surface area contributed by atoms with Gasteiger partial charge in [0, 0.05) is 42.1 Å². The molecule has 2 aliphatic heterocycles. The minimum Gasteiger partial charge on any atom is -0.508 e. The highest BCUT2D eigenvalue weighted by molar-refractivity contribution is 5.94. The Labute approximate surface area is 209 Å². The molecule has 7 nitrogen and oxygen atoms in total. The zero-order chi connectivity index (χ0) is 25.2. The summed E-state index contributed by atoms with van der Waals surface area (Å²) in [5, 5.41) is 14.3. The maximum Gasteiger partial charge on any atom is 0.254 e. The predicted octanol–water partition coefficient (Wildman–Crippen LogP) is 4.18. The number of methoxy groups -OCH3 is 1. The lowest BCUT2D eigenvalue weighted by atomic mass is 9.81. The fourth-order valence-corrected chi connectivity index (χ4v) is 6.11. The number of phenols is 1. The van der Waals surface area contributed by atoms with Gasteiger partial charge in [-0.15, -0.1) is 0 Å². The van der Waals surface area contributed by atoms with Gasteiger partial charge in [-0.3, -0.25) is 9.69 Å². The summed E-state index contributed by atoms with van der Waals surface area (Å²) in [5.41, 5.74) is 2.03. The summed E-state index contributed by atoms with van der Waals surface area (Å²) < 4.78 is 20.8. The second kappa shape index (κ2) is 8.27. The zero-order valence-corrected chi connectivity index (χ0v) is 20.6. The topological polar surface area (TPSA) is 80.8 Å². The summed E-state index contributed by atoms with van der Waals surface area (Å²) in [6.45, 7) is 7.47. The van der Waals surface area contributed by atoms with Gasteiger partial charge in [0.25, 0.3) is 5.91 Å². The van der Waals surface area contributed by atoms with E-state index in [0.29, 0.717) is 42.3 Å². The van der Waals surface area contributed by atoms with Gasteiger partial charge in [0.1, 0.15) is 17.1 Å². The number of nitrogens with zero attached hydrogens (tertiary/aromatic N) is 2. The van der Waals surface area contributed by atoms with Gasteiger partial charge in [0.05, 0.1) is 13.2 Å². The van der Waals surface area contributed by atoms with Gasteiger partial charge >= 0.3 is 0 Å². The molecule has 2 fully saturated rings. The molecule has 188 valence electrons. The molecule has 0 radical (unpaired) electrons. The Kier molecular flexibility index (Phi) is 5.26. The number of aromatic amines is 1. The Hall–Kier alpha value is -3.52. The van der Waals surface area contributed by atoms with E-state index in [1.807, 2.05) is 17.9 Å². The average molecular weight is 491 g/mol. The molecule has 1 amide bonds. The van der Waals surface area contributed by atoms with E-state index >= 15 is 4.39 Å². The van der Waals surface area contributed by atoms with Gasteiger partial charge in [-0.05, 0) is 55.2 Å². The summed E-state index contributed by atoms with van der Waals surface area (Å²) in [6, 6.07) is 10.5. The molecule has 0 unspecified atom stereocenters. The van der Waals surface area contributed by atoms with Crippen molar-refractivity contribution >= 4 is 16.8 Å². The molecular formula is C28H31FN4O3. The Morgan fingerprint density at radius 3 is 2.81 bits per heavy atom. The fourth-order valence-electron chi connectivity index (χ4n) is 6.11. The van der Waals surface area contributed by atoms with Crippen LogP contribution in [0.1, 0.15) is 49.0 Å². The number of aromatic hydroxyl groups is 1. The Morgan fingerprint density at radius 1 is 1.31 bits per heavy atom. The molecule has 6 rings (SSSR count). The molecule has 1 saturated carbocycles. The lowest BCUT2D eigenvalue weighted by Gasteiger charge is -2.44. The van der Waals surface area contributed by atoms with E-state index in [1.165, 1.54) is 26.4 Å². The minimum atomic E-state index is -0.957. The number of carbonyl (C=O) groups excluding carboxylic acids is 1. The van der Waals surface area contributed by atoms with E-state index in [1.54, 1.807) is 35.2 Å². The molecular weight excluding hydrogens is 459 g/mol. The smallest absolute Gasteiger partial charge is 0.254 e. The molecule has 3 aromatic rings. The third kappa shape index (κ3) is 3.24. The van der Waals surface area contributed by atoms with E-state index in [9.17, 15) is 9.90 Å². The second-order valence-corrected chi connectivity index (χ2v) is 10.3. The second-order valence-electron chi connectivity index (χ2n) is 10.3. The third-order valence-corrected chi connectivity index (χ3v) is 8.16. The van der Waals surface area contributed by atoms with Gasteiger partial charge in [0.2, 0.25) is 0 Å². The van der Waals surface area contributed by atoms with Gasteiger partial charge in [-0.25, -0.2) is 4.39 Å². The standard InChI is InChI=1S/C28H31FN4O3/c1-16-32(13-12-30-18-7-5-8-18)27(35)28(2)15-20-23-21(10-11-22(36-3)24(23)29)31-25(20)26(33(16)28)17-6-4-9-19(34)14-17/h4,6,9-11,14,18,26,30-31,34H,1,5,7-8,12-13,15H2,2-3H3/t26-,28+/m1/s1. The molecule has 2 atom stereocenters. The molecule has 3 aliphatic rings. The number of halogens is 1. The molecule has 8 heteroatoms. The van der Waals surface area contributed by atoms with Crippen molar-refractivity contribution in [2.24, 2.45) is 0 Å². The van der Waals surface area contributed by atoms with Gasteiger partial charge in [-0.2, -0.15) is 0 Å². The number of aromatic nitrogens is 1. The van der Waals surface area contributed by atoms with Crippen molar-refractivity contribution in [3.05, 3.63) is 71.4 Å². The first-order chi connectivity index (χ1) is 17.3. The molecule has 0 bridgehead atoms. The largest absolute Gasteiger partial charge is 0.508 e. The minimum absolute atomic E-state index is 0.0450. The van der Waals surface area contributed by atoms with Crippen LogP contribution in [0.4, 0.5) is 4.39 Å². The molecule has 36 heavy (non-hydrogen) atoms. The number of fused-ring (bicyclic) bond motifs is 4. The number of nitrogens with one attached hydrogen (secondary N) is 2. The van der Waals surface area contributed by atoms with Crippen molar-refractivity contribution in [1.29, 1.82) is 0 Å². The Balaban J connectivity index is 1.48. The molecule has 3 heterocycles. The summed E-state index contributed by atoms with van der Waals surface area (Å²) >= 11 is 0. The number of H-pyrrole nitrogens is 1. The van der Waals surface area contributed by atoms with Crippen molar-refractivity contribution in [3.63, 3.8) is 0 Å². The van der Waals surface area contributed by atoms with Gasteiger partial charge in [0.15, 0.2) is 11.6 Å². The number of amides is 1. The van der Waals surface area contributed by atoms with Crippen LogP contribution in [0.25, 0.3) is 10.9 Å². The van der Waals surface area contributed by atoms with Crippen LogP contribution >= 0.6 is 0 Å². The number of rotatable bonds is 6. The Morgan fingerprint density at radius 2 is 2.11 bits per heavy atom. The predicted molar refractivity (Wildman–Crippen MR) is 135 cm³/mol. The molecule has 2 aromatic carbocycles. The first-order valence-electron chi connectivity index (χ1n) is 12.5. The normalized spacial score (nSPS) is 23.7. The van der Waals surface area contributed by atoms with Crippen molar-refractivity contribution in [2.45, 2.75) is 50.2 Å². The molecule has 0 spiro atoms. The van der Waals surface area contributed by atoms with E-state index < -0.39 is 17.4 Å². The van der Waals surface area contributed by atoms with E-state index in [2.05, 4.69) is 16.9 Å². The maximum atomic E-state index is 15.6. The highest BCUT2D eigenvalue weighted by Gasteiger charge is 2.57. The first kappa shape index (κ1) is 22.9. The number of phenolic OH excluding ortho intramolecular Hbond substituents is 1. The van der Waals surface area contributed by atoms with Crippen LogP contribution in [0.3, 0.4) is 0 Å². The van der Waals surface area contributed by atoms with Crippen molar-refractivity contribution < 1.29 is 19.0 Å². The average Bonchev–Trinajstić information content (AvgIpc) is 3.27. The SMILES string of the molecule is C=C1N(CCNC2CCC2)C(=O)[C@]2(C)Cc3c([nH]c4ccc(OC)c(F)c34)[C@@H](c3cccc(O)c3)N12. The van der Waals surface area contributed by atoms with Crippen LogP contribution < -0.4 is 10.1 Å². The highest BCUT2D eigenvalue weighted by atomic mass is 19.1. The molecule has 3 N–H and O–H groups in total. The van der Waals surface area contributed by atoms with Gasteiger partial charge in [-0.1, -0.05) is 25.1 Å². The molecule has 1 aliphatic carbocycles. The van der Waals surface area contributed by atoms with E-state index in [-0.39, 0.29) is 17.4 Å². The lowest BCUT2D eigenvalue weighted by Crippen LogP contribution is -2.52. The summed E-state index contributed by atoms with van der Waals surface area (Å²) in [7, 11) is 1.45. The maximum absolute atomic E-state index is 15.6. The zero-order valence-electron chi connectivity index (χ0n) is 20.6. The van der Waals surface area contributed by atoms with E-state index in [0.717, 1.165) is 16.8 Å². The van der Waals surface area contributed by atoms with Crippen LogP contribution in [-0.2, 0) is 11.2 Å². The van der Waals surface area contributed by atoms with Crippen LogP contribution in [0.5, 0.6) is 11.5 Å². The Bertz CT molecular complexity index is 1380. The summed E-state index contributed by atoms with van der Waals surface area (Å²) in [4.78, 5) is 21.2. The number of benzene rings is 2. The lowest BCUT2D eigenvalue weighted by molar-refractivity contribution is -0.133. The summed E-state index contributed by atoms with van der Waals surface area (Å²) in [5.74, 6) is 0.426. The third-order valence-electron chi connectivity index (χ3n) is 8.16. The highest BCUT2D eigenvalue weighted by Crippen LogP contribution is 2.51. The number of hydrogen-bond donors (Lipinski definition) is 3.